The third-order valence-corrected chi connectivity index (χ3v) is 4.99. The van der Waals surface area contributed by atoms with Gasteiger partial charge in [-0.15, -0.1) is 11.8 Å². The second kappa shape index (κ2) is 6.85. The molecule has 0 spiro atoms. The molecule has 116 valence electrons. The molecule has 2 N–H and O–H groups in total. The van der Waals surface area contributed by atoms with Gasteiger partial charge in [-0.25, -0.2) is 8.42 Å². The summed E-state index contributed by atoms with van der Waals surface area (Å²) in [6, 6.07) is 13.3. The van der Waals surface area contributed by atoms with E-state index in [2.05, 4.69) is 10.0 Å². The largest absolute Gasteiger partial charge is 0.325 e. The summed E-state index contributed by atoms with van der Waals surface area (Å²) in [5.41, 5.74) is 0.966. The standard InChI is InChI=1S/C15H16N2O3S2/c1-11(18)16-14-10-13(8-9-15(14)21-2)22(19,20)17-12-6-4-3-5-7-12/h3-10,17H,1-2H3,(H,16,18). The van der Waals surface area contributed by atoms with Crippen molar-refractivity contribution in [1.82, 2.24) is 0 Å². The fourth-order valence-corrected chi connectivity index (χ4v) is 3.48. The van der Waals surface area contributed by atoms with Crippen LogP contribution in [0.1, 0.15) is 6.92 Å². The fraction of sp³-hybridized carbons (Fsp3) is 0.133. The molecule has 2 aromatic carbocycles. The minimum Gasteiger partial charge on any atom is -0.325 e. The number of benzene rings is 2. The van der Waals surface area contributed by atoms with Gasteiger partial charge in [-0.05, 0) is 36.6 Å². The first-order valence-electron chi connectivity index (χ1n) is 6.46. The van der Waals surface area contributed by atoms with Gasteiger partial charge in [0.25, 0.3) is 10.0 Å². The van der Waals surface area contributed by atoms with E-state index in [0.29, 0.717) is 11.4 Å². The quantitative estimate of drug-likeness (QED) is 0.823. The number of sulfonamides is 1. The molecule has 0 heterocycles. The molecule has 0 aromatic heterocycles. The lowest BCUT2D eigenvalue weighted by Crippen LogP contribution is -2.14. The van der Waals surface area contributed by atoms with Crippen molar-refractivity contribution in [2.75, 3.05) is 16.3 Å². The van der Waals surface area contributed by atoms with E-state index in [9.17, 15) is 13.2 Å². The summed E-state index contributed by atoms with van der Waals surface area (Å²) in [5, 5.41) is 2.65. The van der Waals surface area contributed by atoms with Crippen LogP contribution in [0.4, 0.5) is 11.4 Å². The molecule has 0 radical (unpaired) electrons. The zero-order valence-electron chi connectivity index (χ0n) is 12.2. The Hall–Kier alpha value is -1.99. The number of anilines is 2. The lowest BCUT2D eigenvalue weighted by molar-refractivity contribution is -0.114. The predicted octanol–water partition coefficient (Wildman–Crippen LogP) is 3.17. The first-order chi connectivity index (χ1) is 10.4. The van der Waals surface area contributed by atoms with Crippen molar-refractivity contribution >= 4 is 39.1 Å². The molecule has 7 heteroatoms. The summed E-state index contributed by atoms with van der Waals surface area (Å²) < 4.78 is 27.3. The number of thioether (sulfide) groups is 1. The maximum absolute atomic E-state index is 12.4. The van der Waals surface area contributed by atoms with Crippen LogP contribution in [-0.2, 0) is 14.8 Å². The van der Waals surface area contributed by atoms with E-state index >= 15 is 0 Å². The Morgan fingerprint density at radius 2 is 1.77 bits per heavy atom. The summed E-state index contributed by atoms with van der Waals surface area (Å²) in [6.07, 6.45) is 1.86. The molecule has 2 rings (SSSR count). The van der Waals surface area contributed by atoms with E-state index in [4.69, 9.17) is 0 Å². The molecule has 2 aromatic rings. The molecule has 0 bridgehead atoms. The van der Waals surface area contributed by atoms with E-state index in [1.54, 1.807) is 36.4 Å². The average molecular weight is 336 g/mol. The van der Waals surface area contributed by atoms with Crippen LogP contribution in [-0.4, -0.2) is 20.6 Å². The van der Waals surface area contributed by atoms with Gasteiger partial charge in [0.2, 0.25) is 5.91 Å². The normalized spacial score (nSPS) is 11.0. The molecule has 0 aliphatic heterocycles. The Morgan fingerprint density at radius 3 is 2.36 bits per heavy atom. The second-order valence-corrected chi connectivity index (χ2v) is 7.05. The summed E-state index contributed by atoms with van der Waals surface area (Å²) in [7, 11) is -3.71. The zero-order chi connectivity index (χ0) is 16.2. The lowest BCUT2D eigenvalue weighted by atomic mass is 10.3. The van der Waals surface area contributed by atoms with Gasteiger partial charge in [0, 0.05) is 17.5 Å². The molecule has 0 saturated heterocycles. The minimum atomic E-state index is -3.71. The molecular weight excluding hydrogens is 320 g/mol. The molecule has 0 atom stereocenters. The zero-order valence-corrected chi connectivity index (χ0v) is 13.8. The maximum Gasteiger partial charge on any atom is 0.261 e. The van der Waals surface area contributed by atoms with E-state index in [-0.39, 0.29) is 10.8 Å². The summed E-state index contributed by atoms with van der Waals surface area (Å²) in [4.78, 5) is 12.1. The highest BCUT2D eigenvalue weighted by atomic mass is 32.2. The molecule has 0 aliphatic carbocycles. The number of amides is 1. The maximum atomic E-state index is 12.4. The number of rotatable bonds is 5. The third kappa shape index (κ3) is 4.02. The molecule has 5 nitrogen and oxygen atoms in total. The van der Waals surface area contributed by atoms with Gasteiger partial charge < -0.3 is 5.32 Å². The van der Waals surface area contributed by atoms with Crippen LogP contribution in [0, 0.1) is 0 Å². The van der Waals surface area contributed by atoms with Crippen LogP contribution in [0.5, 0.6) is 0 Å². The van der Waals surface area contributed by atoms with Crippen molar-refractivity contribution in [3.8, 4) is 0 Å². The summed E-state index contributed by atoms with van der Waals surface area (Å²) in [5.74, 6) is -0.249. The molecule has 22 heavy (non-hydrogen) atoms. The number of hydrogen-bond donors (Lipinski definition) is 2. The number of carbonyl (C=O) groups is 1. The van der Waals surface area contributed by atoms with Crippen molar-refractivity contribution in [1.29, 1.82) is 0 Å². The molecule has 0 unspecified atom stereocenters. The van der Waals surface area contributed by atoms with Gasteiger partial charge in [-0.2, -0.15) is 0 Å². The molecular formula is C15H16N2O3S2. The van der Waals surface area contributed by atoms with Crippen molar-refractivity contribution < 1.29 is 13.2 Å². The third-order valence-electron chi connectivity index (χ3n) is 2.82. The molecule has 0 fully saturated rings. The van der Waals surface area contributed by atoms with E-state index in [1.165, 1.54) is 30.8 Å². The predicted molar refractivity (Wildman–Crippen MR) is 89.8 cm³/mol. The monoisotopic (exact) mass is 336 g/mol. The molecule has 0 saturated carbocycles. The van der Waals surface area contributed by atoms with Crippen LogP contribution in [0.15, 0.2) is 58.3 Å². The van der Waals surface area contributed by atoms with Gasteiger partial charge in [-0.3, -0.25) is 9.52 Å². The van der Waals surface area contributed by atoms with Crippen LogP contribution in [0.3, 0.4) is 0 Å². The number of hydrogen-bond acceptors (Lipinski definition) is 4. The first-order valence-corrected chi connectivity index (χ1v) is 9.16. The van der Waals surface area contributed by atoms with Gasteiger partial charge in [0.05, 0.1) is 10.6 Å². The highest BCUT2D eigenvalue weighted by Crippen LogP contribution is 2.29. The Morgan fingerprint density at radius 1 is 1.09 bits per heavy atom. The minimum absolute atomic E-state index is 0.0953. The first kappa shape index (κ1) is 16.4. The van der Waals surface area contributed by atoms with Crippen LogP contribution in [0.25, 0.3) is 0 Å². The highest BCUT2D eigenvalue weighted by Gasteiger charge is 2.16. The SMILES string of the molecule is CSc1ccc(S(=O)(=O)Nc2ccccc2)cc1NC(C)=O. The number of para-hydroxylation sites is 1. The van der Waals surface area contributed by atoms with Crippen LogP contribution < -0.4 is 10.0 Å². The average Bonchev–Trinajstić information content (AvgIpc) is 2.47. The van der Waals surface area contributed by atoms with Gasteiger partial charge in [0.15, 0.2) is 0 Å². The van der Waals surface area contributed by atoms with Gasteiger partial charge >= 0.3 is 0 Å². The Bertz CT molecular complexity index is 775. The molecule has 0 aliphatic rings. The Balaban J connectivity index is 2.36. The van der Waals surface area contributed by atoms with Gasteiger partial charge in [0.1, 0.15) is 0 Å². The summed E-state index contributed by atoms with van der Waals surface area (Å²) in [6.45, 7) is 1.38. The second-order valence-electron chi connectivity index (χ2n) is 4.51. The van der Waals surface area contributed by atoms with E-state index < -0.39 is 10.0 Å². The number of nitrogens with one attached hydrogen (secondary N) is 2. The lowest BCUT2D eigenvalue weighted by Gasteiger charge is -2.12. The number of carbonyl (C=O) groups excluding carboxylic acids is 1. The van der Waals surface area contributed by atoms with E-state index in [0.717, 1.165) is 4.90 Å². The Kier molecular flexibility index (Phi) is 5.10. The van der Waals surface area contributed by atoms with Gasteiger partial charge in [-0.1, -0.05) is 18.2 Å². The van der Waals surface area contributed by atoms with E-state index in [1.807, 2.05) is 6.26 Å². The van der Waals surface area contributed by atoms with Crippen LogP contribution >= 0.6 is 11.8 Å². The smallest absolute Gasteiger partial charge is 0.261 e. The Labute approximate surface area is 134 Å². The topological polar surface area (TPSA) is 75.3 Å². The fourth-order valence-electron chi connectivity index (χ4n) is 1.86. The summed E-state index contributed by atoms with van der Waals surface area (Å²) >= 11 is 1.43. The van der Waals surface area contributed by atoms with Crippen molar-refractivity contribution in [2.45, 2.75) is 16.7 Å². The van der Waals surface area contributed by atoms with Crippen molar-refractivity contribution in [3.05, 3.63) is 48.5 Å². The van der Waals surface area contributed by atoms with Crippen molar-refractivity contribution in [3.63, 3.8) is 0 Å². The highest BCUT2D eigenvalue weighted by molar-refractivity contribution is 7.98. The molecule has 1 amide bonds. The van der Waals surface area contributed by atoms with Crippen LogP contribution in [0.2, 0.25) is 0 Å². The van der Waals surface area contributed by atoms with Crippen molar-refractivity contribution in [2.24, 2.45) is 0 Å².